The lowest BCUT2D eigenvalue weighted by Gasteiger charge is -2.27. The van der Waals surface area contributed by atoms with E-state index in [1.54, 1.807) is 14.0 Å². The van der Waals surface area contributed by atoms with Crippen LogP contribution < -0.4 is 4.74 Å². The van der Waals surface area contributed by atoms with Gasteiger partial charge in [-0.15, -0.1) is 22.9 Å². The maximum atomic E-state index is 10.8. The second-order valence-electron chi connectivity index (χ2n) is 5.21. The van der Waals surface area contributed by atoms with Crippen molar-refractivity contribution in [3.8, 4) is 5.75 Å². The molecule has 0 fully saturated rings. The Morgan fingerprint density at radius 3 is 2.59 bits per heavy atom. The molecule has 0 aliphatic carbocycles. The Bertz CT molecular complexity index is 767. The van der Waals surface area contributed by atoms with Crippen molar-refractivity contribution in [2.24, 2.45) is 0 Å². The van der Waals surface area contributed by atoms with Gasteiger partial charge in [0, 0.05) is 5.56 Å². The minimum atomic E-state index is -1.03. The number of aliphatic hydroxyl groups excluding tert-OH is 1. The normalized spacial score (nSPS) is 15.5. The fraction of sp³-hybridized carbons (Fsp3) is 0.235. The molecule has 1 heterocycles. The van der Waals surface area contributed by atoms with Crippen molar-refractivity contribution >= 4 is 33.2 Å². The van der Waals surface area contributed by atoms with Gasteiger partial charge in [0.2, 0.25) is 0 Å². The lowest BCUT2D eigenvalue weighted by Crippen LogP contribution is -2.24. The fourth-order valence-corrected chi connectivity index (χ4v) is 3.69. The molecule has 0 saturated heterocycles. The minimum Gasteiger partial charge on any atom is -0.496 e. The average molecular weight is 334 g/mol. The summed E-state index contributed by atoms with van der Waals surface area (Å²) in [6.45, 7) is 1.78. The summed E-state index contributed by atoms with van der Waals surface area (Å²) in [6, 6.07) is 15.2. The number of fused-ring (bicyclic) bond motifs is 1. The molecule has 114 valence electrons. The van der Waals surface area contributed by atoms with E-state index in [0.717, 1.165) is 10.2 Å². The summed E-state index contributed by atoms with van der Waals surface area (Å²) in [5.41, 5.74) is 1.54. The number of aromatic nitrogens is 1. The molecule has 0 aliphatic rings. The molecular formula is C17H16ClNO2S. The maximum absolute atomic E-state index is 10.8. The standard InChI is InChI=1S/C17H16ClNO2S/c1-17(18,15(20)11-7-3-5-9-13(11)21-2)16-19-12-8-4-6-10-14(12)22-16/h3-10,15,20H,1-2H3/t15-,17-/m0/s1. The molecule has 0 saturated carbocycles. The summed E-state index contributed by atoms with van der Waals surface area (Å²) >= 11 is 8.19. The number of benzene rings is 2. The second kappa shape index (κ2) is 5.88. The second-order valence-corrected chi connectivity index (χ2v) is 7.02. The van der Waals surface area contributed by atoms with Crippen LogP contribution in [-0.2, 0) is 4.87 Å². The van der Waals surface area contributed by atoms with E-state index in [1.165, 1.54) is 11.3 Å². The number of methoxy groups -OCH3 is 1. The molecule has 3 nitrogen and oxygen atoms in total. The highest BCUT2D eigenvalue weighted by atomic mass is 35.5. The Morgan fingerprint density at radius 2 is 1.86 bits per heavy atom. The van der Waals surface area contributed by atoms with Gasteiger partial charge in [0.05, 0.1) is 17.3 Å². The quantitative estimate of drug-likeness (QED) is 0.715. The summed E-state index contributed by atoms with van der Waals surface area (Å²) < 4.78 is 6.37. The molecule has 1 N–H and O–H groups in total. The molecule has 0 radical (unpaired) electrons. The Hall–Kier alpha value is -1.62. The highest BCUT2D eigenvalue weighted by Crippen LogP contribution is 2.45. The first-order valence-electron chi connectivity index (χ1n) is 6.90. The van der Waals surface area contributed by atoms with E-state index in [4.69, 9.17) is 16.3 Å². The molecule has 22 heavy (non-hydrogen) atoms. The van der Waals surface area contributed by atoms with Crippen molar-refractivity contribution in [3.05, 3.63) is 59.1 Å². The zero-order chi connectivity index (χ0) is 15.7. The van der Waals surface area contributed by atoms with Crippen molar-refractivity contribution < 1.29 is 9.84 Å². The van der Waals surface area contributed by atoms with Crippen molar-refractivity contribution in [2.45, 2.75) is 17.9 Å². The van der Waals surface area contributed by atoms with E-state index < -0.39 is 11.0 Å². The highest BCUT2D eigenvalue weighted by molar-refractivity contribution is 7.18. The number of ether oxygens (including phenoxy) is 1. The molecule has 1 aromatic heterocycles. The summed E-state index contributed by atoms with van der Waals surface area (Å²) in [5.74, 6) is 0.614. The summed E-state index contributed by atoms with van der Waals surface area (Å²) in [4.78, 5) is 3.54. The topological polar surface area (TPSA) is 42.4 Å². The van der Waals surface area contributed by atoms with Crippen LogP contribution >= 0.6 is 22.9 Å². The third kappa shape index (κ3) is 2.58. The van der Waals surface area contributed by atoms with Crippen molar-refractivity contribution in [2.75, 3.05) is 7.11 Å². The number of halogens is 1. The van der Waals surface area contributed by atoms with Crippen LogP contribution in [0.3, 0.4) is 0 Å². The molecule has 3 aromatic rings. The molecule has 0 bridgehead atoms. The van der Waals surface area contributed by atoms with Crippen molar-refractivity contribution in [1.29, 1.82) is 0 Å². The Kier molecular flexibility index (Phi) is 4.08. The number of hydrogen-bond acceptors (Lipinski definition) is 4. The van der Waals surface area contributed by atoms with Crippen molar-refractivity contribution in [1.82, 2.24) is 4.98 Å². The number of hydrogen-bond donors (Lipinski definition) is 1. The van der Waals surface area contributed by atoms with Crippen LogP contribution in [0.25, 0.3) is 10.2 Å². The smallest absolute Gasteiger partial charge is 0.124 e. The van der Waals surface area contributed by atoms with E-state index in [9.17, 15) is 5.11 Å². The molecule has 3 rings (SSSR count). The van der Waals surface area contributed by atoms with Crippen LogP contribution in [0.5, 0.6) is 5.75 Å². The Labute approximate surface area is 138 Å². The van der Waals surface area contributed by atoms with Crippen LogP contribution in [0.15, 0.2) is 48.5 Å². The van der Waals surface area contributed by atoms with Gasteiger partial charge in [-0.3, -0.25) is 0 Å². The van der Waals surface area contributed by atoms with Gasteiger partial charge in [-0.1, -0.05) is 30.3 Å². The maximum Gasteiger partial charge on any atom is 0.124 e. The molecular weight excluding hydrogens is 318 g/mol. The van der Waals surface area contributed by atoms with Gasteiger partial charge in [-0.25, -0.2) is 4.98 Å². The van der Waals surface area contributed by atoms with Gasteiger partial charge in [-0.05, 0) is 25.1 Å². The van der Waals surface area contributed by atoms with E-state index in [1.807, 2.05) is 48.5 Å². The van der Waals surface area contributed by atoms with Gasteiger partial charge < -0.3 is 9.84 Å². The van der Waals surface area contributed by atoms with Crippen LogP contribution in [0.1, 0.15) is 23.6 Å². The molecule has 0 unspecified atom stereocenters. The lowest BCUT2D eigenvalue weighted by molar-refractivity contribution is 0.129. The molecule has 5 heteroatoms. The molecule has 0 spiro atoms. The molecule has 0 aliphatic heterocycles. The van der Waals surface area contributed by atoms with Gasteiger partial charge >= 0.3 is 0 Å². The van der Waals surface area contributed by atoms with Gasteiger partial charge in [-0.2, -0.15) is 0 Å². The SMILES string of the molecule is COc1ccccc1[C@H](O)[C@](C)(Cl)c1nc2ccccc2s1. The molecule has 2 aromatic carbocycles. The number of para-hydroxylation sites is 2. The number of thiazole rings is 1. The van der Waals surface area contributed by atoms with E-state index >= 15 is 0 Å². The third-order valence-corrected chi connectivity index (χ3v) is 5.43. The Balaban J connectivity index is 2.04. The van der Waals surface area contributed by atoms with Gasteiger partial charge in [0.15, 0.2) is 0 Å². The fourth-order valence-electron chi connectivity index (χ4n) is 2.38. The van der Waals surface area contributed by atoms with Crippen LogP contribution in [0.4, 0.5) is 0 Å². The number of aliphatic hydroxyl groups is 1. The predicted octanol–water partition coefficient (Wildman–Crippen LogP) is 4.49. The number of rotatable bonds is 4. The summed E-state index contributed by atoms with van der Waals surface area (Å²) in [5, 5.41) is 11.5. The zero-order valence-corrected chi connectivity index (χ0v) is 13.9. The highest BCUT2D eigenvalue weighted by Gasteiger charge is 2.38. The van der Waals surface area contributed by atoms with E-state index in [-0.39, 0.29) is 0 Å². The summed E-state index contributed by atoms with van der Waals surface area (Å²) in [6.07, 6.45) is -0.925. The van der Waals surface area contributed by atoms with Crippen LogP contribution in [-0.4, -0.2) is 17.2 Å². The van der Waals surface area contributed by atoms with E-state index in [0.29, 0.717) is 16.3 Å². The molecule has 0 amide bonds. The minimum absolute atomic E-state index is 0.614. The Morgan fingerprint density at radius 1 is 1.18 bits per heavy atom. The predicted molar refractivity (Wildman–Crippen MR) is 90.8 cm³/mol. The zero-order valence-electron chi connectivity index (χ0n) is 12.3. The monoisotopic (exact) mass is 333 g/mol. The van der Waals surface area contributed by atoms with Gasteiger partial charge in [0.1, 0.15) is 21.7 Å². The first-order valence-corrected chi connectivity index (χ1v) is 8.09. The first-order chi connectivity index (χ1) is 10.5. The lowest BCUT2D eigenvalue weighted by atomic mass is 9.96. The average Bonchev–Trinajstić information content (AvgIpc) is 2.99. The van der Waals surface area contributed by atoms with Gasteiger partial charge in [0.25, 0.3) is 0 Å². The number of nitrogens with zero attached hydrogens (tertiary/aromatic N) is 1. The van der Waals surface area contributed by atoms with Crippen LogP contribution in [0.2, 0.25) is 0 Å². The van der Waals surface area contributed by atoms with E-state index in [2.05, 4.69) is 4.98 Å². The third-order valence-electron chi connectivity index (χ3n) is 3.66. The summed E-state index contributed by atoms with van der Waals surface area (Å²) in [7, 11) is 1.58. The first kappa shape index (κ1) is 15.3. The number of alkyl halides is 1. The molecule has 2 atom stereocenters. The largest absolute Gasteiger partial charge is 0.496 e. The van der Waals surface area contributed by atoms with Crippen LogP contribution in [0, 0.1) is 0 Å². The van der Waals surface area contributed by atoms with Crippen molar-refractivity contribution in [3.63, 3.8) is 0 Å².